The standard InChI is InChI=1S/C15H31N3O/c1-5-13(6-2)10-17-15(16-7-3)18-9-8-14(11-18)12-19-4/h13-14H,5-12H2,1-4H3,(H,16,17). The molecular formula is C15H31N3O. The lowest BCUT2D eigenvalue weighted by atomic mass is 10.0. The minimum atomic E-state index is 0.655. The molecule has 0 aromatic heterocycles. The highest BCUT2D eigenvalue weighted by atomic mass is 16.5. The van der Waals surface area contributed by atoms with Crippen LogP contribution in [0.25, 0.3) is 0 Å². The Bertz CT molecular complexity index is 264. The number of hydrogen-bond acceptors (Lipinski definition) is 2. The Labute approximate surface area is 118 Å². The molecule has 1 fully saturated rings. The van der Waals surface area contributed by atoms with Crippen LogP contribution in [0, 0.1) is 11.8 Å². The van der Waals surface area contributed by atoms with Crippen LogP contribution in [0.5, 0.6) is 0 Å². The molecule has 1 heterocycles. The Morgan fingerprint density at radius 3 is 2.68 bits per heavy atom. The van der Waals surface area contributed by atoms with E-state index >= 15 is 0 Å². The number of guanidine groups is 1. The van der Waals surface area contributed by atoms with Crippen molar-refractivity contribution < 1.29 is 4.74 Å². The number of aliphatic imine (C=N–C) groups is 1. The number of hydrogen-bond donors (Lipinski definition) is 1. The Kier molecular flexibility index (Phi) is 7.87. The van der Waals surface area contributed by atoms with Gasteiger partial charge in [0.25, 0.3) is 0 Å². The van der Waals surface area contributed by atoms with E-state index in [2.05, 4.69) is 31.0 Å². The second kappa shape index (κ2) is 9.18. The lowest BCUT2D eigenvalue weighted by Gasteiger charge is -2.22. The van der Waals surface area contributed by atoms with Crippen LogP contribution in [0.2, 0.25) is 0 Å². The highest BCUT2D eigenvalue weighted by molar-refractivity contribution is 5.80. The summed E-state index contributed by atoms with van der Waals surface area (Å²) in [5.41, 5.74) is 0. The fourth-order valence-corrected chi connectivity index (χ4v) is 2.59. The summed E-state index contributed by atoms with van der Waals surface area (Å²) in [4.78, 5) is 7.21. The van der Waals surface area contributed by atoms with Crippen LogP contribution in [0.3, 0.4) is 0 Å². The topological polar surface area (TPSA) is 36.9 Å². The van der Waals surface area contributed by atoms with Crippen LogP contribution in [-0.2, 0) is 4.74 Å². The zero-order valence-corrected chi connectivity index (χ0v) is 13.1. The lowest BCUT2D eigenvalue weighted by molar-refractivity contribution is 0.157. The maximum atomic E-state index is 5.26. The first kappa shape index (κ1) is 16.3. The third-order valence-corrected chi connectivity index (χ3v) is 3.98. The van der Waals surface area contributed by atoms with E-state index in [1.807, 2.05) is 0 Å². The zero-order valence-electron chi connectivity index (χ0n) is 13.1. The van der Waals surface area contributed by atoms with Gasteiger partial charge >= 0.3 is 0 Å². The molecule has 0 radical (unpaired) electrons. The lowest BCUT2D eigenvalue weighted by Crippen LogP contribution is -2.40. The van der Waals surface area contributed by atoms with E-state index < -0.39 is 0 Å². The minimum absolute atomic E-state index is 0.655. The Morgan fingerprint density at radius 1 is 1.37 bits per heavy atom. The van der Waals surface area contributed by atoms with Gasteiger partial charge in [0, 0.05) is 39.2 Å². The molecular weight excluding hydrogens is 238 g/mol. The Morgan fingerprint density at radius 2 is 2.11 bits per heavy atom. The number of ether oxygens (including phenoxy) is 1. The average Bonchev–Trinajstić information content (AvgIpc) is 2.87. The molecule has 1 aliphatic heterocycles. The van der Waals surface area contributed by atoms with Crippen molar-refractivity contribution in [3.8, 4) is 0 Å². The predicted molar refractivity (Wildman–Crippen MR) is 81.6 cm³/mol. The number of methoxy groups -OCH3 is 1. The van der Waals surface area contributed by atoms with Gasteiger partial charge < -0.3 is 15.0 Å². The molecule has 0 aliphatic carbocycles. The summed E-state index contributed by atoms with van der Waals surface area (Å²) in [6, 6.07) is 0. The summed E-state index contributed by atoms with van der Waals surface area (Å²) in [7, 11) is 1.79. The summed E-state index contributed by atoms with van der Waals surface area (Å²) >= 11 is 0. The first-order chi connectivity index (χ1) is 9.24. The number of nitrogens with zero attached hydrogens (tertiary/aromatic N) is 2. The molecule has 0 aromatic carbocycles. The van der Waals surface area contributed by atoms with E-state index in [0.29, 0.717) is 11.8 Å². The van der Waals surface area contributed by atoms with E-state index in [1.165, 1.54) is 19.3 Å². The van der Waals surface area contributed by atoms with E-state index in [4.69, 9.17) is 9.73 Å². The SMILES string of the molecule is CCNC(=NCC(CC)CC)N1CCC(COC)C1. The van der Waals surface area contributed by atoms with Gasteiger partial charge in [-0.2, -0.15) is 0 Å². The number of likely N-dealkylation sites (tertiary alicyclic amines) is 1. The normalized spacial score (nSPS) is 20.4. The molecule has 0 amide bonds. The van der Waals surface area contributed by atoms with Crippen molar-refractivity contribution >= 4 is 5.96 Å². The summed E-state index contributed by atoms with van der Waals surface area (Å²) in [5, 5.41) is 3.43. The molecule has 1 unspecified atom stereocenters. The van der Waals surface area contributed by atoms with Crippen LogP contribution in [-0.4, -0.2) is 50.8 Å². The Balaban J connectivity index is 2.54. The smallest absolute Gasteiger partial charge is 0.193 e. The second-order valence-corrected chi connectivity index (χ2v) is 5.43. The van der Waals surface area contributed by atoms with Gasteiger partial charge in [0.2, 0.25) is 0 Å². The number of rotatable bonds is 7. The van der Waals surface area contributed by atoms with Crippen molar-refractivity contribution in [1.82, 2.24) is 10.2 Å². The third kappa shape index (κ3) is 5.39. The molecule has 1 rings (SSSR count). The van der Waals surface area contributed by atoms with Crippen LogP contribution >= 0.6 is 0 Å². The highest BCUT2D eigenvalue weighted by Gasteiger charge is 2.24. The van der Waals surface area contributed by atoms with Crippen molar-refractivity contribution in [2.45, 2.75) is 40.0 Å². The fraction of sp³-hybridized carbons (Fsp3) is 0.933. The van der Waals surface area contributed by atoms with Crippen LogP contribution in [0.15, 0.2) is 4.99 Å². The maximum absolute atomic E-state index is 5.26. The van der Waals surface area contributed by atoms with Crippen molar-refractivity contribution in [3.05, 3.63) is 0 Å². The summed E-state index contributed by atoms with van der Waals surface area (Å²) in [6.45, 7) is 11.6. The molecule has 4 heteroatoms. The number of nitrogens with one attached hydrogen (secondary N) is 1. The molecule has 1 N–H and O–H groups in total. The zero-order chi connectivity index (χ0) is 14.1. The van der Waals surface area contributed by atoms with Crippen molar-refractivity contribution in [3.63, 3.8) is 0 Å². The van der Waals surface area contributed by atoms with Crippen molar-refractivity contribution in [2.75, 3.05) is 39.9 Å². The largest absolute Gasteiger partial charge is 0.384 e. The van der Waals surface area contributed by atoms with Gasteiger partial charge in [0.15, 0.2) is 5.96 Å². The van der Waals surface area contributed by atoms with E-state index in [9.17, 15) is 0 Å². The van der Waals surface area contributed by atoms with Crippen LogP contribution in [0.4, 0.5) is 0 Å². The van der Waals surface area contributed by atoms with Crippen LogP contribution in [0.1, 0.15) is 40.0 Å². The summed E-state index contributed by atoms with van der Waals surface area (Å²) in [6.07, 6.45) is 3.64. The van der Waals surface area contributed by atoms with E-state index in [0.717, 1.165) is 38.7 Å². The van der Waals surface area contributed by atoms with Crippen molar-refractivity contribution in [2.24, 2.45) is 16.8 Å². The molecule has 0 bridgehead atoms. The van der Waals surface area contributed by atoms with Gasteiger partial charge in [-0.1, -0.05) is 26.7 Å². The molecule has 112 valence electrons. The first-order valence-corrected chi connectivity index (χ1v) is 7.77. The van der Waals surface area contributed by atoms with Crippen LogP contribution < -0.4 is 5.32 Å². The molecule has 1 saturated heterocycles. The fourth-order valence-electron chi connectivity index (χ4n) is 2.59. The minimum Gasteiger partial charge on any atom is -0.384 e. The molecule has 0 saturated carbocycles. The summed E-state index contributed by atoms with van der Waals surface area (Å²) in [5.74, 6) is 2.46. The Hall–Kier alpha value is -0.770. The van der Waals surface area contributed by atoms with E-state index in [-0.39, 0.29) is 0 Å². The van der Waals surface area contributed by atoms with Gasteiger partial charge in [0.1, 0.15) is 0 Å². The molecule has 0 aromatic rings. The van der Waals surface area contributed by atoms with Gasteiger partial charge in [-0.25, -0.2) is 0 Å². The predicted octanol–water partition coefficient (Wildman–Crippen LogP) is 2.36. The quantitative estimate of drug-likeness (QED) is 0.569. The van der Waals surface area contributed by atoms with Gasteiger partial charge in [-0.15, -0.1) is 0 Å². The van der Waals surface area contributed by atoms with E-state index in [1.54, 1.807) is 7.11 Å². The molecule has 4 nitrogen and oxygen atoms in total. The van der Waals surface area contributed by atoms with Gasteiger partial charge in [0.05, 0.1) is 6.61 Å². The van der Waals surface area contributed by atoms with Gasteiger partial charge in [-0.3, -0.25) is 4.99 Å². The first-order valence-electron chi connectivity index (χ1n) is 7.77. The van der Waals surface area contributed by atoms with Gasteiger partial charge in [-0.05, 0) is 19.3 Å². The highest BCUT2D eigenvalue weighted by Crippen LogP contribution is 2.17. The third-order valence-electron chi connectivity index (χ3n) is 3.98. The summed E-state index contributed by atoms with van der Waals surface area (Å²) < 4.78 is 5.26. The average molecular weight is 269 g/mol. The maximum Gasteiger partial charge on any atom is 0.193 e. The molecule has 0 spiro atoms. The monoisotopic (exact) mass is 269 g/mol. The molecule has 19 heavy (non-hydrogen) atoms. The molecule has 1 aliphatic rings. The van der Waals surface area contributed by atoms with Crippen molar-refractivity contribution in [1.29, 1.82) is 0 Å². The second-order valence-electron chi connectivity index (χ2n) is 5.43. The molecule has 1 atom stereocenters.